The zero-order chi connectivity index (χ0) is 18.4. The second-order valence-corrected chi connectivity index (χ2v) is 7.19. The third-order valence-corrected chi connectivity index (χ3v) is 4.62. The number of benzene rings is 1. The van der Waals surface area contributed by atoms with E-state index in [0.717, 1.165) is 0 Å². The van der Waals surface area contributed by atoms with E-state index >= 15 is 0 Å². The molecule has 1 atom stereocenters. The first kappa shape index (κ1) is 19.1. The van der Waals surface area contributed by atoms with E-state index in [1.54, 1.807) is 36.3 Å². The molecule has 1 saturated heterocycles. The highest BCUT2D eigenvalue weighted by atomic mass is 32.2. The summed E-state index contributed by atoms with van der Waals surface area (Å²) in [5, 5.41) is 5.55. The molecule has 0 radical (unpaired) electrons. The van der Waals surface area contributed by atoms with Gasteiger partial charge in [-0.3, -0.25) is 14.4 Å². The normalized spacial score (nSPS) is 17.4. The fourth-order valence-electron chi connectivity index (χ4n) is 2.38. The van der Waals surface area contributed by atoms with Crippen LogP contribution in [0.25, 0.3) is 0 Å². The smallest absolute Gasteiger partial charge is 0.234 e. The monoisotopic (exact) mass is 365 g/mol. The SMILES string of the molecule is COc1ccc(NC(=O)CSC2NC(=O)CC(=O)N2CC(C)C)cc1. The van der Waals surface area contributed by atoms with Crippen LogP contribution in [0, 0.1) is 5.92 Å². The van der Waals surface area contributed by atoms with E-state index in [2.05, 4.69) is 10.6 Å². The average Bonchev–Trinajstić information content (AvgIpc) is 2.56. The standard InChI is InChI=1S/C17H23N3O4S/c1-11(2)9-20-16(23)8-14(21)19-17(20)25-10-15(22)18-12-4-6-13(24-3)7-5-12/h4-7,11,17H,8-10H2,1-3H3,(H,18,22)(H,19,21). The van der Waals surface area contributed by atoms with Gasteiger partial charge in [-0.05, 0) is 30.2 Å². The minimum atomic E-state index is -0.516. The molecule has 1 fully saturated rings. The Morgan fingerprint density at radius 3 is 2.64 bits per heavy atom. The Morgan fingerprint density at radius 2 is 2.04 bits per heavy atom. The lowest BCUT2D eigenvalue weighted by Gasteiger charge is -2.36. The summed E-state index contributed by atoms with van der Waals surface area (Å²) in [5.41, 5.74) is 0.145. The zero-order valence-electron chi connectivity index (χ0n) is 14.6. The van der Waals surface area contributed by atoms with Crippen LogP contribution in [0.15, 0.2) is 24.3 Å². The van der Waals surface area contributed by atoms with Crippen LogP contribution < -0.4 is 15.4 Å². The van der Waals surface area contributed by atoms with Gasteiger partial charge < -0.3 is 20.3 Å². The van der Waals surface area contributed by atoms with Gasteiger partial charge in [0.05, 0.1) is 12.9 Å². The molecule has 1 aliphatic heterocycles. The van der Waals surface area contributed by atoms with Crippen molar-refractivity contribution >= 4 is 35.2 Å². The Labute approximate surface area is 151 Å². The molecule has 1 heterocycles. The minimum absolute atomic E-state index is 0.124. The molecule has 3 amide bonds. The molecule has 0 aromatic heterocycles. The van der Waals surface area contributed by atoms with Crippen LogP contribution in [0.2, 0.25) is 0 Å². The van der Waals surface area contributed by atoms with Gasteiger partial charge in [-0.2, -0.15) is 0 Å². The van der Waals surface area contributed by atoms with Gasteiger partial charge in [-0.1, -0.05) is 13.8 Å². The minimum Gasteiger partial charge on any atom is -0.497 e. The largest absolute Gasteiger partial charge is 0.497 e. The molecule has 0 saturated carbocycles. The Kier molecular flexibility index (Phi) is 6.69. The number of thioether (sulfide) groups is 1. The van der Waals surface area contributed by atoms with E-state index < -0.39 is 5.50 Å². The lowest BCUT2D eigenvalue weighted by Crippen LogP contribution is -2.56. The molecule has 136 valence electrons. The number of methoxy groups -OCH3 is 1. The number of nitrogens with zero attached hydrogens (tertiary/aromatic N) is 1. The van der Waals surface area contributed by atoms with E-state index in [0.29, 0.717) is 18.0 Å². The van der Waals surface area contributed by atoms with Gasteiger partial charge in [0, 0.05) is 12.2 Å². The van der Waals surface area contributed by atoms with Crippen LogP contribution >= 0.6 is 11.8 Å². The summed E-state index contributed by atoms with van der Waals surface area (Å²) in [6.45, 7) is 4.54. The van der Waals surface area contributed by atoms with Crippen LogP contribution in [-0.2, 0) is 14.4 Å². The molecular formula is C17H23N3O4S. The summed E-state index contributed by atoms with van der Waals surface area (Å²) in [4.78, 5) is 37.5. The number of anilines is 1. The Bertz CT molecular complexity index is 633. The number of amides is 3. The van der Waals surface area contributed by atoms with E-state index in [4.69, 9.17) is 4.74 Å². The van der Waals surface area contributed by atoms with E-state index in [1.165, 1.54) is 11.8 Å². The van der Waals surface area contributed by atoms with Crippen molar-refractivity contribution in [1.82, 2.24) is 10.2 Å². The second kappa shape index (κ2) is 8.75. The van der Waals surface area contributed by atoms with Gasteiger partial charge in [-0.15, -0.1) is 11.8 Å². The number of carbonyl (C=O) groups excluding carboxylic acids is 3. The number of carbonyl (C=O) groups is 3. The third kappa shape index (κ3) is 5.67. The summed E-state index contributed by atoms with van der Waals surface area (Å²) in [5.74, 6) is 0.393. The average molecular weight is 365 g/mol. The first-order chi connectivity index (χ1) is 11.9. The summed E-state index contributed by atoms with van der Waals surface area (Å²) in [7, 11) is 1.58. The molecule has 1 aliphatic rings. The van der Waals surface area contributed by atoms with Gasteiger partial charge in [0.1, 0.15) is 12.2 Å². The van der Waals surface area contributed by atoms with E-state index in [1.807, 2.05) is 13.8 Å². The number of rotatable bonds is 7. The Balaban J connectivity index is 1.91. The maximum Gasteiger partial charge on any atom is 0.234 e. The summed E-state index contributed by atoms with van der Waals surface area (Å²) in [6.07, 6.45) is -0.137. The van der Waals surface area contributed by atoms with Crippen LogP contribution in [0.4, 0.5) is 5.69 Å². The van der Waals surface area contributed by atoms with Crippen molar-refractivity contribution in [3.8, 4) is 5.75 Å². The molecular weight excluding hydrogens is 342 g/mol. The van der Waals surface area contributed by atoms with Crippen LogP contribution in [-0.4, -0.2) is 47.5 Å². The maximum absolute atomic E-state index is 12.1. The highest BCUT2D eigenvalue weighted by molar-refractivity contribution is 8.00. The fourth-order valence-corrected chi connectivity index (χ4v) is 3.36. The molecule has 2 rings (SSSR count). The molecule has 2 N–H and O–H groups in total. The number of nitrogens with one attached hydrogen (secondary N) is 2. The first-order valence-electron chi connectivity index (χ1n) is 8.03. The molecule has 7 nitrogen and oxygen atoms in total. The van der Waals surface area contributed by atoms with Gasteiger partial charge in [0.2, 0.25) is 17.7 Å². The predicted molar refractivity (Wildman–Crippen MR) is 97.2 cm³/mol. The predicted octanol–water partition coefficient (Wildman–Crippen LogP) is 1.65. The van der Waals surface area contributed by atoms with Crippen molar-refractivity contribution < 1.29 is 19.1 Å². The van der Waals surface area contributed by atoms with Crippen molar-refractivity contribution in [2.24, 2.45) is 5.92 Å². The zero-order valence-corrected chi connectivity index (χ0v) is 15.4. The first-order valence-corrected chi connectivity index (χ1v) is 9.08. The summed E-state index contributed by atoms with van der Waals surface area (Å²) >= 11 is 1.23. The number of hydrogen-bond acceptors (Lipinski definition) is 5. The maximum atomic E-state index is 12.1. The van der Waals surface area contributed by atoms with Crippen molar-refractivity contribution in [2.75, 3.05) is 24.7 Å². The highest BCUT2D eigenvalue weighted by Crippen LogP contribution is 2.21. The quantitative estimate of drug-likeness (QED) is 0.718. The molecule has 1 aromatic carbocycles. The van der Waals surface area contributed by atoms with E-state index in [-0.39, 0.29) is 35.8 Å². The number of hydrogen-bond donors (Lipinski definition) is 2. The van der Waals surface area contributed by atoms with Crippen LogP contribution in [0.3, 0.4) is 0 Å². The fraction of sp³-hybridized carbons (Fsp3) is 0.471. The van der Waals surface area contributed by atoms with Gasteiger partial charge in [0.25, 0.3) is 0 Å². The van der Waals surface area contributed by atoms with Crippen molar-refractivity contribution in [2.45, 2.75) is 25.8 Å². The Hall–Kier alpha value is -2.22. The molecule has 8 heteroatoms. The number of ether oxygens (including phenoxy) is 1. The van der Waals surface area contributed by atoms with Gasteiger partial charge in [-0.25, -0.2) is 0 Å². The second-order valence-electron chi connectivity index (χ2n) is 6.12. The van der Waals surface area contributed by atoms with Crippen LogP contribution in [0.5, 0.6) is 5.75 Å². The van der Waals surface area contributed by atoms with Gasteiger partial charge in [0.15, 0.2) is 5.50 Å². The molecule has 0 aliphatic carbocycles. The van der Waals surface area contributed by atoms with Crippen molar-refractivity contribution in [3.63, 3.8) is 0 Å². The summed E-state index contributed by atoms with van der Waals surface area (Å²) < 4.78 is 5.07. The molecule has 25 heavy (non-hydrogen) atoms. The molecule has 0 bridgehead atoms. The topological polar surface area (TPSA) is 87.7 Å². The summed E-state index contributed by atoms with van der Waals surface area (Å²) in [6, 6.07) is 7.01. The third-order valence-electron chi connectivity index (χ3n) is 3.51. The van der Waals surface area contributed by atoms with Crippen LogP contribution in [0.1, 0.15) is 20.3 Å². The van der Waals surface area contributed by atoms with Crippen molar-refractivity contribution in [3.05, 3.63) is 24.3 Å². The molecule has 0 spiro atoms. The molecule has 1 aromatic rings. The lowest BCUT2D eigenvalue weighted by molar-refractivity contribution is -0.142. The Morgan fingerprint density at radius 1 is 1.36 bits per heavy atom. The van der Waals surface area contributed by atoms with E-state index in [9.17, 15) is 14.4 Å². The lowest BCUT2D eigenvalue weighted by atomic mass is 10.2. The highest BCUT2D eigenvalue weighted by Gasteiger charge is 2.32. The molecule has 1 unspecified atom stereocenters. The van der Waals surface area contributed by atoms with Gasteiger partial charge >= 0.3 is 0 Å². The van der Waals surface area contributed by atoms with Crippen molar-refractivity contribution in [1.29, 1.82) is 0 Å².